The van der Waals surface area contributed by atoms with Gasteiger partial charge >= 0.3 is 0 Å². The van der Waals surface area contributed by atoms with Crippen LogP contribution in [0, 0.1) is 5.92 Å². The molecule has 110 valence electrons. The largest absolute Gasteiger partial charge is 0.396 e. The minimum atomic E-state index is -0.0311. The first-order valence-corrected chi connectivity index (χ1v) is 7.10. The van der Waals surface area contributed by atoms with Gasteiger partial charge in [-0.2, -0.15) is 0 Å². The maximum atomic E-state index is 12.5. The number of carbonyl (C=O) groups excluding carboxylic acids is 2. The van der Waals surface area contributed by atoms with E-state index in [0.717, 1.165) is 25.8 Å². The summed E-state index contributed by atoms with van der Waals surface area (Å²) in [5, 5.41) is 9.02. The van der Waals surface area contributed by atoms with Crippen molar-refractivity contribution in [1.82, 2.24) is 9.47 Å². The van der Waals surface area contributed by atoms with Crippen LogP contribution >= 0.6 is 0 Å². The standard InChI is InChI=1S/C15H22N2O3/c1-11(19)13-8-14(16(2)10-13)15(20)17-6-3-4-12(9-17)5-7-18/h8,10,12,18H,3-7,9H2,1-2H3. The lowest BCUT2D eigenvalue weighted by molar-refractivity contribution is 0.0644. The summed E-state index contributed by atoms with van der Waals surface area (Å²) < 4.78 is 1.72. The van der Waals surface area contributed by atoms with Crippen LogP contribution in [-0.4, -0.2) is 46.0 Å². The van der Waals surface area contributed by atoms with Gasteiger partial charge in [0.05, 0.1) is 0 Å². The van der Waals surface area contributed by atoms with Crippen molar-refractivity contribution in [3.05, 3.63) is 23.5 Å². The van der Waals surface area contributed by atoms with Gasteiger partial charge in [0.15, 0.2) is 5.78 Å². The number of piperidine rings is 1. The van der Waals surface area contributed by atoms with E-state index in [1.54, 1.807) is 23.9 Å². The van der Waals surface area contributed by atoms with E-state index in [9.17, 15) is 9.59 Å². The van der Waals surface area contributed by atoms with Crippen molar-refractivity contribution in [3.8, 4) is 0 Å². The monoisotopic (exact) mass is 278 g/mol. The minimum Gasteiger partial charge on any atom is -0.396 e. The molecule has 1 saturated heterocycles. The van der Waals surface area contributed by atoms with Crippen LogP contribution in [0.2, 0.25) is 0 Å². The Kier molecular flexibility index (Phi) is 4.60. The highest BCUT2D eigenvalue weighted by atomic mass is 16.3. The van der Waals surface area contributed by atoms with Gasteiger partial charge in [-0.1, -0.05) is 0 Å². The van der Waals surface area contributed by atoms with Crippen LogP contribution in [0.3, 0.4) is 0 Å². The second-order valence-electron chi connectivity index (χ2n) is 5.55. The average Bonchev–Trinajstić information content (AvgIpc) is 2.81. The Labute approximate surface area is 119 Å². The smallest absolute Gasteiger partial charge is 0.270 e. The molecule has 2 rings (SSSR count). The zero-order valence-electron chi connectivity index (χ0n) is 12.1. The molecule has 1 amide bonds. The molecule has 1 atom stereocenters. The molecule has 0 spiro atoms. The number of amides is 1. The van der Waals surface area contributed by atoms with Crippen molar-refractivity contribution in [2.24, 2.45) is 13.0 Å². The molecule has 1 unspecified atom stereocenters. The Hall–Kier alpha value is -1.62. The molecular weight excluding hydrogens is 256 g/mol. The number of rotatable bonds is 4. The van der Waals surface area contributed by atoms with E-state index >= 15 is 0 Å². The molecule has 5 heteroatoms. The lowest BCUT2D eigenvalue weighted by Crippen LogP contribution is -2.40. The van der Waals surface area contributed by atoms with Crippen molar-refractivity contribution in [2.45, 2.75) is 26.2 Å². The van der Waals surface area contributed by atoms with E-state index in [0.29, 0.717) is 23.7 Å². The van der Waals surface area contributed by atoms with E-state index < -0.39 is 0 Å². The molecule has 5 nitrogen and oxygen atoms in total. The fourth-order valence-corrected chi connectivity index (χ4v) is 2.80. The number of aliphatic hydroxyl groups excluding tert-OH is 1. The fraction of sp³-hybridized carbons (Fsp3) is 0.600. The number of aryl methyl sites for hydroxylation is 1. The van der Waals surface area contributed by atoms with Gasteiger partial charge in [0.2, 0.25) is 0 Å². The lowest BCUT2D eigenvalue weighted by atomic mass is 9.95. The summed E-state index contributed by atoms with van der Waals surface area (Å²) in [5.74, 6) is 0.323. The molecule has 0 aromatic carbocycles. The van der Waals surface area contributed by atoms with Crippen LogP contribution in [0.15, 0.2) is 12.3 Å². The summed E-state index contributed by atoms with van der Waals surface area (Å²) in [6.45, 7) is 3.12. The summed E-state index contributed by atoms with van der Waals surface area (Å²) in [7, 11) is 1.79. The maximum absolute atomic E-state index is 12.5. The highest BCUT2D eigenvalue weighted by Gasteiger charge is 2.26. The summed E-state index contributed by atoms with van der Waals surface area (Å²) in [6, 6.07) is 1.67. The summed E-state index contributed by atoms with van der Waals surface area (Å²) in [4.78, 5) is 25.8. The Morgan fingerprint density at radius 1 is 1.45 bits per heavy atom. The Morgan fingerprint density at radius 3 is 2.80 bits per heavy atom. The zero-order valence-corrected chi connectivity index (χ0v) is 12.1. The number of likely N-dealkylation sites (tertiary alicyclic amines) is 1. The highest BCUT2D eigenvalue weighted by molar-refractivity contribution is 5.99. The van der Waals surface area contributed by atoms with Crippen LogP contribution < -0.4 is 0 Å². The van der Waals surface area contributed by atoms with Crippen LogP contribution in [-0.2, 0) is 7.05 Å². The van der Waals surface area contributed by atoms with E-state index in [2.05, 4.69) is 0 Å². The Morgan fingerprint density at radius 2 is 2.20 bits per heavy atom. The molecule has 1 aliphatic rings. The molecule has 1 N–H and O–H groups in total. The fourth-order valence-electron chi connectivity index (χ4n) is 2.80. The van der Waals surface area contributed by atoms with Crippen LogP contribution in [0.1, 0.15) is 47.0 Å². The third-order valence-corrected chi connectivity index (χ3v) is 3.97. The second-order valence-corrected chi connectivity index (χ2v) is 5.55. The van der Waals surface area contributed by atoms with Crippen molar-refractivity contribution >= 4 is 11.7 Å². The maximum Gasteiger partial charge on any atom is 0.270 e. The Balaban J connectivity index is 2.12. The van der Waals surface area contributed by atoms with Crippen molar-refractivity contribution in [2.75, 3.05) is 19.7 Å². The minimum absolute atomic E-state index is 0.0253. The number of ketones is 1. The lowest BCUT2D eigenvalue weighted by Gasteiger charge is -2.32. The Bertz CT molecular complexity index is 505. The van der Waals surface area contributed by atoms with Gasteiger partial charge in [-0.3, -0.25) is 9.59 Å². The van der Waals surface area contributed by atoms with Crippen LogP contribution in [0.5, 0.6) is 0 Å². The first-order valence-electron chi connectivity index (χ1n) is 7.10. The quantitative estimate of drug-likeness (QED) is 0.848. The summed E-state index contributed by atoms with van der Waals surface area (Å²) >= 11 is 0. The molecule has 1 aliphatic heterocycles. The van der Waals surface area contributed by atoms with Crippen LogP contribution in [0.25, 0.3) is 0 Å². The number of Topliss-reactive ketones (excluding diaryl/α,β-unsaturated/α-hetero) is 1. The molecule has 0 radical (unpaired) electrons. The molecule has 0 aliphatic carbocycles. The molecule has 20 heavy (non-hydrogen) atoms. The van der Waals surface area contributed by atoms with Crippen molar-refractivity contribution < 1.29 is 14.7 Å². The highest BCUT2D eigenvalue weighted by Crippen LogP contribution is 2.21. The second kappa shape index (κ2) is 6.22. The third kappa shape index (κ3) is 3.10. The predicted molar refractivity (Wildman–Crippen MR) is 75.7 cm³/mol. The van der Waals surface area contributed by atoms with Gasteiger partial charge in [-0.05, 0) is 38.2 Å². The van der Waals surface area contributed by atoms with Gasteiger partial charge in [0.1, 0.15) is 5.69 Å². The molecule has 0 bridgehead atoms. The number of aliphatic hydroxyl groups is 1. The van der Waals surface area contributed by atoms with Gasteiger partial charge in [-0.25, -0.2) is 0 Å². The molecular formula is C15H22N2O3. The molecule has 1 aromatic heterocycles. The molecule has 1 fully saturated rings. The van der Waals surface area contributed by atoms with Crippen LogP contribution in [0.4, 0.5) is 0 Å². The predicted octanol–water partition coefficient (Wildman–Crippen LogP) is 1.46. The van der Waals surface area contributed by atoms with Crippen molar-refractivity contribution in [3.63, 3.8) is 0 Å². The van der Waals surface area contributed by atoms with E-state index in [-0.39, 0.29) is 18.3 Å². The molecule has 0 saturated carbocycles. The van der Waals surface area contributed by atoms with E-state index in [1.807, 2.05) is 4.90 Å². The summed E-state index contributed by atoms with van der Waals surface area (Å²) in [5.41, 5.74) is 1.12. The summed E-state index contributed by atoms with van der Waals surface area (Å²) in [6.07, 6.45) is 4.48. The van der Waals surface area contributed by atoms with Gasteiger partial charge in [0.25, 0.3) is 5.91 Å². The molecule has 2 heterocycles. The average molecular weight is 278 g/mol. The SMILES string of the molecule is CC(=O)c1cc(C(=O)N2CCCC(CCO)C2)n(C)c1. The number of carbonyl (C=O) groups is 2. The first-order chi connectivity index (χ1) is 9.52. The molecule has 1 aromatic rings. The van der Waals surface area contributed by atoms with Gasteiger partial charge in [0, 0.05) is 38.5 Å². The normalized spacial score (nSPS) is 19.1. The number of aromatic nitrogens is 1. The van der Waals surface area contributed by atoms with Crippen molar-refractivity contribution in [1.29, 1.82) is 0 Å². The van der Waals surface area contributed by atoms with E-state index in [4.69, 9.17) is 5.11 Å². The number of nitrogens with zero attached hydrogens (tertiary/aromatic N) is 2. The van der Waals surface area contributed by atoms with Gasteiger partial charge in [-0.15, -0.1) is 0 Å². The third-order valence-electron chi connectivity index (χ3n) is 3.97. The van der Waals surface area contributed by atoms with E-state index in [1.165, 1.54) is 6.92 Å². The topological polar surface area (TPSA) is 62.5 Å². The number of hydrogen-bond acceptors (Lipinski definition) is 3. The first kappa shape index (κ1) is 14.8. The van der Waals surface area contributed by atoms with Gasteiger partial charge < -0.3 is 14.6 Å². The zero-order chi connectivity index (χ0) is 14.7. The number of hydrogen-bond donors (Lipinski definition) is 1.